The predicted molar refractivity (Wildman–Crippen MR) is 158 cm³/mol. The van der Waals surface area contributed by atoms with E-state index in [1.54, 1.807) is 30.3 Å². The summed E-state index contributed by atoms with van der Waals surface area (Å²) in [5.41, 5.74) is 12.7. The Bertz CT molecular complexity index is 1760. The molecule has 2 aromatic carbocycles. The number of carbonyl (C=O) groups excluding carboxylic acids is 4. The lowest BCUT2D eigenvalue weighted by atomic mass is 9.47. The van der Waals surface area contributed by atoms with E-state index in [9.17, 15) is 39.8 Å². The molecular formula is C29H26IN5O7. The highest BCUT2D eigenvalue weighted by Crippen LogP contribution is 2.58. The van der Waals surface area contributed by atoms with E-state index in [2.05, 4.69) is 0 Å². The van der Waals surface area contributed by atoms with Crippen molar-refractivity contribution in [1.82, 2.24) is 4.90 Å². The molecule has 0 heterocycles. The van der Waals surface area contributed by atoms with E-state index in [1.807, 2.05) is 22.6 Å². The van der Waals surface area contributed by atoms with Gasteiger partial charge >= 0.3 is 0 Å². The molecule has 3 aliphatic carbocycles. The lowest BCUT2D eigenvalue weighted by Gasteiger charge is -2.58. The number of ketones is 2. The predicted octanol–water partition coefficient (Wildman–Crippen LogP) is 0.990. The smallest absolute Gasteiger partial charge is 0.255 e. The minimum absolute atomic E-state index is 0.129. The molecule has 0 aromatic heterocycles. The summed E-state index contributed by atoms with van der Waals surface area (Å²) in [6.45, 7) is 0. The van der Waals surface area contributed by atoms with Crippen molar-refractivity contribution in [3.8, 4) is 22.9 Å². The fourth-order valence-electron chi connectivity index (χ4n) is 6.90. The fraction of sp³-hybridized carbons (Fsp3) is 0.276. The number of nitriles is 1. The van der Waals surface area contributed by atoms with Crippen molar-refractivity contribution in [2.45, 2.75) is 30.0 Å². The van der Waals surface area contributed by atoms with E-state index >= 15 is 0 Å². The van der Waals surface area contributed by atoms with Crippen LogP contribution in [0, 0.1) is 20.3 Å². The van der Waals surface area contributed by atoms with Crippen LogP contribution in [0.2, 0.25) is 0 Å². The molecule has 0 radical (unpaired) electrons. The minimum atomic E-state index is -2.73. The van der Waals surface area contributed by atoms with Gasteiger partial charge in [0.15, 0.2) is 23.3 Å². The van der Waals surface area contributed by atoms with E-state index < -0.39 is 74.8 Å². The number of fused-ring (bicyclic) bond motifs is 3. The number of amides is 1. The number of rotatable bonds is 4. The molecule has 0 bridgehead atoms. The first kappa shape index (κ1) is 29.4. The first-order valence-corrected chi connectivity index (χ1v) is 13.7. The Morgan fingerprint density at radius 1 is 1.17 bits per heavy atom. The molecule has 12 nitrogen and oxygen atoms in total. The molecule has 0 spiro atoms. The molecule has 216 valence electrons. The molecule has 5 rings (SSSR count). The second kappa shape index (κ2) is 9.46. The van der Waals surface area contributed by atoms with Crippen LogP contribution in [0.15, 0.2) is 47.2 Å². The van der Waals surface area contributed by atoms with Gasteiger partial charge in [-0.2, -0.15) is 5.26 Å². The van der Waals surface area contributed by atoms with Crippen LogP contribution in [0.1, 0.15) is 27.9 Å². The zero-order valence-corrected chi connectivity index (χ0v) is 24.6. The zero-order chi connectivity index (χ0) is 31.1. The fourth-order valence-corrected chi connectivity index (χ4v) is 7.37. The third kappa shape index (κ3) is 3.56. The van der Waals surface area contributed by atoms with Crippen molar-refractivity contribution < 1.29 is 34.5 Å². The molecule has 3 aliphatic rings. The van der Waals surface area contributed by atoms with Gasteiger partial charge in [0.2, 0.25) is 0 Å². The summed E-state index contributed by atoms with van der Waals surface area (Å²) in [5.74, 6) is -5.91. The number of carbonyl (C=O) groups is 4. The number of phenolic OH excluding ortho intramolecular Hbond substituents is 1. The van der Waals surface area contributed by atoms with Crippen LogP contribution in [-0.4, -0.2) is 75.2 Å². The third-order valence-corrected chi connectivity index (χ3v) is 9.55. The van der Waals surface area contributed by atoms with Gasteiger partial charge < -0.3 is 32.5 Å². The van der Waals surface area contributed by atoms with Gasteiger partial charge in [0, 0.05) is 9.13 Å². The number of hydrogen-bond donors (Lipinski definition) is 6. The summed E-state index contributed by atoms with van der Waals surface area (Å²) >= 11 is 2.02. The highest BCUT2D eigenvalue weighted by Gasteiger charge is 2.74. The molecule has 1 amide bonds. The van der Waals surface area contributed by atoms with Gasteiger partial charge in [-0.15, -0.1) is 0 Å². The number of aliphatic hydroxyl groups is 2. The molecule has 1 saturated carbocycles. The van der Waals surface area contributed by atoms with Crippen molar-refractivity contribution in [2.75, 3.05) is 14.1 Å². The van der Waals surface area contributed by atoms with E-state index in [4.69, 9.17) is 17.2 Å². The number of Topliss-reactive ketones (excluding diaryl/α,β-unsaturated/α-hetero) is 2. The Hall–Kier alpha value is -4.10. The average molecular weight is 683 g/mol. The van der Waals surface area contributed by atoms with E-state index in [1.165, 1.54) is 25.1 Å². The summed E-state index contributed by atoms with van der Waals surface area (Å²) in [6.07, 6.45) is 0.0189. The first-order chi connectivity index (χ1) is 19.6. The molecule has 42 heavy (non-hydrogen) atoms. The summed E-state index contributed by atoms with van der Waals surface area (Å²) in [5, 5.41) is 44.2. The number of halogens is 1. The Labute approximate surface area is 253 Å². The molecular weight excluding hydrogens is 657 g/mol. The Balaban J connectivity index is 1.85. The monoisotopic (exact) mass is 683 g/mol. The number of nitrogens with zero attached hydrogens (tertiary/aromatic N) is 2. The van der Waals surface area contributed by atoms with Crippen LogP contribution in [0.4, 0.5) is 0 Å². The Kier molecular flexibility index (Phi) is 6.62. The second-order valence-electron chi connectivity index (χ2n) is 11.1. The number of primary amides is 1. The lowest BCUT2D eigenvalue weighted by Crippen LogP contribution is -2.80. The highest BCUT2D eigenvalue weighted by atomic mass is 127. The van der Waals surface area contributed by atoms with E-state index in [-0.39, 0.29) is 12.0 Å². The Morgan fingerprint density at radius 3 is 2.40 bits per heavy atom. The molecule has 1 fully saturated rings. The van der Waals surface area contributed by atoms with Gasteiger partial charge in [-0.25, -0.2) is 0 Å². The van der Waals surface area contributed by atoms with Crippen LogP contribution in [0.5, 0.6) is 5.75 Å². The highest BCUT2D eigenvalue weighted by molar-refractivity contribution is 14.1. The molecule has 9 N–H and O–H groups in total. The maximum Gasteiger partial charge on any atom is 0.255 e. The van der Waals surface area contributed by atoms with E-state index in [0.717, 1.165) is 0 Å². The largest absolute Gasteiger partial charge is 0.509 e. The van der Waals surface area contributed by atoms with Crippen molar-refractivity contribution in [3.05, 3.63) is 67.5 Å². The number of nitrogens with two attached hydrogens (primary N) is 3. The van der Waals surface area contributed by atoms with Gasteiger partial charge in [0.05, 0.1) is 34.3 Å². The summed E-state index contributed by atoms with van der Waals surface area (Å²) < 4.78 is 0.704. The van der Waals surface area contributed by atoms with Crippen LogP contribution in [-0.2, 0) is 20.8 Å². The quantitative estimate of drug-likeness (QED) is 0.151. The normalized spacial score (nSPS) is 28.6. The number of phenols is 1. The van der Waals surface area contributed by atoms with Crippen LogP contribution in [0.25, 0.3) is 16.9 Å². The topological polar surface area (TPSA) is 234 Å². The number of benzene rings is 2. The van der Waals surface area contributed by atoms with Gasteiger partial charge in [-0.1, -0.05) is 12.1 Å². The van der Waals surface area contributed by atoms with Crippen LogP contribution >= 0.6 is 22.6 Å². The summed E-state index contributed by atoms with van der Waals surface area (Å²) in [4.78, 5) is 53.2. The van der Waals surface area contributed by atoms with Gasteiger partial charge in [-0.05, 0) is 84.4 Å². The van der Waals surface area contributed by atoms with Crippen molar-refractivity contribution in [2.24, 2.45) is 22.6 Å². The second-order valence-corrected chi connectivity index (χ2v) is 12.3. The maximum atomic E-state index is 14.4. The number of aldehydes is 1. The summed E-state index contributed by atoms with van der Waals surface area (Å²) in [7, 11) is 2.90. The van der Waals surface area contributed by atoms with Crippen LogP contribution < -0.4 is 17.2 Å². The van der Waals surface area contributed by atoms with Crippen LogP contribution in [0.3, 0.4) is 0 Å². The maximum absolute atomic E-state index is 14.4. The third-order valence-electron chi connectivity index (χ3n) is 8.57. The van der Waals surface area contributed by atoms with Gasteiger partial charge in [-0.3, -0.25) is 24.1 Å². The standard InChI is InChI=1S/C29H26IN5O7/c1-35(2)23-22(39)19(26(32)42)24(40)28(11-31)25(41)20-21(38)18-15(8-27(20,33)10-29(23,28)34)14(4-6-17(18)37)12-3-5-16(30)13(7-12)9-36/h3-7,9,23,37-38,40H,8,10,33-34H2,1-2H3,(H2,32,42)/t23-,27-,28+,29-/m1/s1. The number of aliphatic hydroxyl groups excluding tert-OH is 2. The van der Waals surface area contributed by atoms with E-state index in [0.29, 0.717) is 32.1 Å². The summed E-state index contributed by atoms with van der Waals surface area (Å²) in [6, 6.07) is 8.23. The zero-order valence-electron chi connectivity index (χ0n) is 22.4. The first-order valence-electron chi connectivity index (χ1n) is 12.6. The number of aromatic hydroxyl groups is 1. The van der Waals surface area contributed by atoms with Crippen molar-refractivity contribution >= 4 is 52.1 Å². The molecule has 13 heteroatoms. The number of likely N-dealkylation sites (N-methyl/N-ethyl adjacent to an activating group) is 1. The van der Waals surface area contributed by atoms with Crippen molar-refractivity contribution in [1.29, 1.82) is 5.26 Å². The van der Waals surface area contributed by atoms with Gasteiger partial charge in [0.25, 0.3) is 5.91 Å². The van der Waals surface area contributed by atoms with Gasteiger partial charge in [0.1, 0.15) is 22.8 Å². The Morgan fingerprint density at radius 2 is 1.83 bits per heavy atom. The molecule has 0 aliphatic heterocycles. The minimum Gasteiger partial charge on any atom is -0.509 e. The number of hydrogen-bond acceptors (Lipinski definition) is 11. The molecule has 2 aromatic rings. The molecule has 0 unspecified atom stereocenters. The molecule has 0 saturated heterocycles. The average Bonchev–Trinajstić information content (AvgIpc) is 2.88. The molecule has 4 atom stereocenters. The SMILES string of the molecule is CN(C)[C@@H]1C(=O)C(C(N)=O)=C(O)[C@@]2(C#N)C(=O)C3=C(O)c4c(O)ccc(-c5ccc(I)c(C=O)c5)c4C[C@@]3(N)C[C@@]12N. The lowest BCUT2D eigenvalue weighted by molar-refractivity contribution is -0.139. The van der Waals surface area contributed by atoms with Crippen molar-refractivity contribution in [3.63, 3.8) is 0 Å².